The van der Waals surface area contributed by atoms with Crippen LogP contribution >= 0.6 is 0 Å². The molecule has 5 heteroatoms. The third kappa shape index (κ3) is 2.65. The fourth-order valence-electron chi connectivity index (χ4n) is 4.74. The second kappa shape index (κ2) is 6.74. The highest BCUT2D eigenvalue weighted by atomic mass is 16.5. The van der Waals surface area contributed by atoms with Crippen LogP contribution in [0.5, 0.6) is 17.2 Å². The van der Waals surface area contributed by atoms with Gasteiger partial charge in [0.05, 0.1) is 26.0 Å². The summed E-state index contributed by atoms with van der Waals surface area (Å²) in [6.45, 7) is 0. The molecule has 146 valence electrons. The molecule has 3 aliphatic rings. The number of ether oxygens (including phenoxy) is 3. The van der Waals surface area contributed by atoms with Crippen molar-refractivity contribution in [1.82, 2.24) is 10.4 Å². The van der Waals surface area contributed by atoms with Gasteiger partial charge in [0.2, 0.25) is 0 Å². The summed E-state index contributed by atoms with van der Waals surface area (Å²) in [7, 11) is 3.33. The zero-order valence-corrected chi connectivity index (χ0v) is 16.4. The molecule has 28 heavy (non-hydrogen) atoms. The van der Waals surface area contributed by atoms with E-state index in [0.717, 1.165) is 41.4 Å². The van der Waals surface area contributed by atoms with E-state index in [-0.39, 0.29) is 11.8 Å². The zero-order valence-electron chi connectivity index (χ0n) is 16.4. The van der Waals surface area contributed by atoms with Crippen LogP contribution in [0.3, 0.4) is 0 Å². The molecule has 5 nitrogen and oxygen atoms in total. The Kier molecular flexibility index (Phi) is 4.20. The molecule has 1 fully saturated rings. The van der Waals surface area contributed by atoms with E-state index in [2.05, 4.69) is 46.8 Å². The van der Waals surface area contributed by atoms with E-state index in [1.807, 2.05) is 12.1 Å². The van der Waals surface area contributed by atoms with Crippen LogP contribution in [-0.4, -0.2) is 25.0 Å². The fourth-order valence-corrected chi connectivity index (χ4v) is 4.74. The van der Waals surface area contributed by atoms with Gasteiger partial charge in [-0.3, -0.25) is 0 Å². The average Bonchev–Trinajstić information content (AvgIpc) is 3.21. The summed E-state index contributed by atoms with van der Waals surface area (Å²) in [6, 6.07) is 14.6. The molecule has 0 radical (unpaired) electrons. The first-order valence-electron chi connectivity index (χ1n) is 10.0. The number of hydrogen-bond donors (Lipinski definition) is 1. The van der Waals surface area contributed by atoms with Crippen molar-refractivity contribution < 1.29 is 14.2 Å². The van der Waals surface area contributed by atoms with E-state index in [1.165, 1.54) is 24.8 Å². The molecule has 0 aromatic heterocycles. The summed E-state index contributed by atoms with van der Waals surface area (Å²) in [5.41, 5.74) is 6.76. The summed E-state index contributed by atoms with van der Waals surface area (Å²) >= 11 is 0. The van der Waals surface area contributed by atoms with Gasteiger partial charge in [-0.1, -0.05) is 24.6 Å². The number of hydrogen-bond acceptors (Lipinski definition) is 5. The largest absolute Gasteiger partial charge is 0.493 e. The minimum Gasteiger partial charge on any atom is -0.493 e. The minimum atomic E-state index is -0.286. The van der Waals surface area contributed by atoms with E-state index >= 15 is 0 Å². The molecule has 1 atom stereocenters. The average molecular weight is 378 g/mol. The van der Waals surface area contributed by atoms with E-state index in [0.29, 0.717) is 0 Å². The molecule has 5 rings (SSSR count). The molecule has 0 unspecified atom stereocenters. The van der Waals surface area contributed by atoms with Crippen LogP contribution in [0, 0.1) is 0 Å². The number of rotatable bonds is 3. The Hall–Kier alpha value is -2.66. The number of benzene rings is 2. The molecular weight excluding hydrogens is 352 g/mol. The molecule has 1 saturated carbocycles. The second-order valence-electron chi connectivity index (χ2n) is 7.72. The highest BCUT2D eigenvalue weighted by molar-refractivity contribution is 5.69. The second-order valence-corrected chi connectivity index (χ2v) is 7.72. The van der Waals surface area contributed by atoms with Crippen LogP contribution in [0.4, 0.5) is 0 Å². The van der Waals surface area contributed by atoms with Crippen molar-refractivity contribution in [3.05, 3.63) is 59.7 Å². The summed E-state index contributed by atoms with van der Waals surface area (Å²) in [5, 5.41) is 2.33. The SMILES string of the molecule is COc1ccc(C2=C[C@H]3c4ccccc4OC4(CCCCC4)N3N2)cc1OC. The number of hydrazine groups is 1. The van der Waals surface area contributed by atoms with Crippen molar-refractivity contribution in [3.63, 3.8) is 0 Å². The number of para-hydroxylation sites is 1. The maximum absolute atomic E-state index is 6.63. The highest BCUT2D eigenvalue weighted by Crippen LogP contribution is 2.49. The quantitative estimate of drug-likeness (QED) is 0.841. The van der Waals surface area contributed by atoms with Crippen molar-refractivity contribution in [1.29, 1.82) is 0 Å². The maximum Gasteiger partial charge on any atom is 0.180 e. The van der Waals surface area contributed by atoms with Crippen molar-refractivity contribution in [2.45, 2.75) is 43.9 Å². The van der Waals surface area contributed by atoms with Crippen molar-refractivity contribution in [2.24, 2.45) is 0 Å². The molecule has 2 aromatic carbocycles. The Morgan fingerprint density at radius 2 is 1.79 bits per heavy atom. The van der Waals surface area contributed by atoms with E-state index in [9.17, 15) is 0 Å². The van der Waals surface area contributed by atoms with Gasteiger partial charge in [0.25, 0.3) is 0 Å². The lowest BCUT2D eigenvalue weighted by Crippen LogP contribution is -2.60. The Balaban J connectivity index is 1.56. The van der Waals surface area contributed by atoms with Crippen molar-refractivity contribution >= 4 is 5.70 Å². The van der Waals surface area contributed by atoms with Gasteiger partial charge in [0.15, 0.2) is 17.2 Å². The molecule has 0 saturated heterocycles. The summed E-state index contributed by atoms with van der Waals surface area (Å²) in [4.78, 5) is 0. The molecule has 0 bridgehead atoms. The predicted molar refractivity (Wildman–Crippen MR) is 108 cm³/mol. The summed E-state index contributed by atoms with van der Waals surface area (Å²) in [5.74, 6) is 2.48. The van der Waals surface area contributed by atoms with Gasteiger partial charge in [0, 0.05) is 24.0 Å². The van der Waals surface area contributed by atoms with Crippen LogP contribution in [0.1, 0.15) is 49.3 Å². The monoisotopic (exact) mass is 378 g/mol. The van der Waals surface area contributed by atoms with Crippen LogP contribution in [0.15, 0.2) is 48.5 Å². The lowest BCUT2D eigenvalue weighted by atomic mass is 9.87. The van der Waals surface area contributed by atoms with Crippen LogP contribution in [0.2, 0.25) is 0 Å². The number of methoxy groups -OCH3 is 2. The predicted octanol–water partition coefficient (Wildman–Crippen LogP) is 4.66. The Labute approximate surface area is 165 Å². The summed E-state index contributed by atoms with van der Waals surface area (Å²) in [6.07, 6.45) is 8.05. The Morgan fingerprint density at radius 3 is 2.57 bits per heavy atom. The Bertz CT molecular complexity index is 918. The van der Waals surface area contributed by atoms with Crippen molar-refractivity contribution in [2.75, 3.05) is 14.2 Å². The topological polar surface area (TPSA) is 43.0 Å². The highest BCUT2D eigenvalue weighted by Gasteiger charge is 2.50. The Morgan fingerprint density at radius 1 is 1.00 bits per heavy atom. The molecule has 1 N–H and O–H groups in total. The van der Waals surface area contributed by atoms with E-state index in [4.69, 9.17) is 14.2 Å². The smallest absolute Gasteiger partial charge is 0.180 e. The first kappa shape index (κ1) is 17.4. The third-order valence-electron chi connectivity index (χ3n) is 6.15. The van der Waals surface area contributed by atoms with Gasteiger partial charge < -0.3 is 19.6 Å². The summed E-state index contributed by atoms with van der Waals surface area (Å²) < 4.78 is 17.5. The minimum absolute atomic E-state index is 0.158. The first-order chi connectivity index (χ1) is 13.7. The van der Waals surface area contributed by atoms with Gasteiger partial charge in [-0.05, 0) is 43.2 Å². The van der Waals surface area contributed by atoms with Gasteiger partial charge >= 0.3 is 0 Å². The number of fused-ring (bicyclic) bond motifs is 4. The van der Waals surface area contributed by atoms with E-state index in [1.54, 1.807) is 14.2 Å². The van der Waals surface area contributed by atoms with Crippen LogP contribution in [-0.2, 0) is 0 Å². The van der Waals surface area contributed by atoms with Gasteiger partial charge in [-0.15, -0.1) is 0 Å². The fraction of sp³-hybridized carbons (Fsp3) is 0.391. The maximum atomic E-state index is 6.63. The van der Waals surface area contributed by atoms with Gasteiger partial charge in [-0.25, -0.2) is 0 Å². The standard InChI is InChI=1S/C23H26N2O3/c1-26-21-11-10-16(14-22(21)27-2)18-15-19-17-8-4-5-9-20(17)28-23(25(19)24-18)12-6-3-7-13-23/h4-5,8-11,14-15,19,24H,3,6-7,12-13H2,1-2H3/t19-/m0/s1. The normalized spacial score (nSPS) is 22.5. The van der Waals surface area contributed by atoms with Gasteiger partial charge in [0.1, 0.15) is 5.75 Å². The molecule has 0 amide bonds. The van der Waals surface area contributed by atoms with Crippen LogP contribution < -0.4 is 19.6 Å². The van der Waals surface area contributed by atoms with Crippen molar-refractivity contribution in [3.8, 4) is 17.2 Å². The van der Waals surface area contributed by atoms with E-state index < -0.39 is 0 Å². The molecule has 1 aliphatic carbocycles. The molecule has 2 aliphatic heterocycles. The molecule has 2 heterocycles. The van der Waals surface area contributed by atoms with Gasteiger partial charge in [-0.2, -0.15) is 5.01 Å². The number of nitrogens with one attached hydrogen (secondary N) is 1. The molecular formula is C23H26N2O3. The zero-order chi connectivity index (χ0) is 19.1. The lowest BCUT2D eigenvalue weighted by molar-refractivity contribution is -0.150. The molecule has 1 spiro atoms. The van der Waals surface area contributed by atoms with Crippen LogP contribution in [0.25, 0.3) is 5.70 Å². The molecule has 2 aromatic rings. The third-order valence-corrected chi connectivity index (χ3v) is 6.15. The first-order valence-corrected chi connectivity index (χ1v) is 10.0. The number of nitrogens with zero attached hydrogens (tertiary/aromatic N) is 1. The lowest BCUT2D eigenvalue weighted by Gasteiger charge is -2.50.